The molecule has 0 saturated carbocycles. The average molecular weight is 498 g/mol. The first-order chi connectivity index (χ1) is 16.6. The van der Waals surface area contributed by atoms with Crippen LogP contribution < -0.4 is 9.62 Å². The summed E-state index contributed by atoms with van der Waals surface area (Å²) in [6.07, 6.45) is 0. The zero-order chi connectivity index (χ0) is 25.6. The molecule has 35 heavy (non-hydrogen) atoms. The van der Waals surface area contributed by atoms with Gasteiger partial charge in [-0.1, -0.05) is 48.0 Å². The van der Waals surface area contributed by atoms with E-state index >= 15 is 0 Å². The predicted molar refractivity (Wildman–Crippen MR) is 133 cm³/mol. The highest BCUT2D eigenvalue weighted by molar-refractivity contribution is 7.92. The van der Waals surface area contributed by atoms with E-state index in [1.807, 2.05) is 37.3 Å². The quantitative estimate of drug-likeness (QED) is 0.490. The molecule has 0 bridgehead atoms. The number of likely N-dealkylation sites (N-methyl/N-ethyl adjacent to an activating group) is 1. The maximum Gasteiger partial charge on any atom is 0.264 e. The zero-order valence-electron chi connectivity index (χ0n) is 19.8. The molecular formula is C26H28FN3O4S. The van der Waals surface area contributed by atoms with Crippen molar-refractivity contribution < 1.29 is 22.4 Å². The van der Waals surface area contributed by atoms with Crippen molar-refractivity contribution in [3.8, 4) is 0 Å². The molecule has 184 valence electrons. The zero-order valence-corrected chi connectivity index (χ0v) is 20.6. The Kier molecular flexibility index (Phi) is 8.24. The fourth-order valence-corrected chi connectivity index (χ4v) is 4.96. The van der Waals surface area contributed by atoms with Crippen molar-refractivity contribution in [1.29, 1.82) is 0 Å². The van der Waals surface area contributed by atoms with Crippen molar-refractivity contribution >= 4 is 27.5 Å². The summed E-state index contributed by atoms with van der Waals surface area (Å²) in [5.41, 5.74) is 1.98. The molecule has 1 atom stereocenters. The third-order valence-corrected chi connectivity index (χ3v) is 7.40. The molecule has 0 fully saturated rings. The van der Waals surface area contributed by atoms with Crippen molar-refractivity contribution in [2.24, 2.45) is 0 Å². The number of amides is 2. The maximum absolute atomic E-state index is 13.6. The van der Waals surface area contributed by atoms with Gasteiger partial charge in [0.25, 0.3) is 10.0 Å². The number of benzene rings is 3. The predicted octanol–water partition coefficient (Wildman–Crippen LogP) is 3.49. The molecule has 9 heteroatoms. The van der Waals surface area contributed by atoms with Gasteiger partial charge in [0.2, 0.25) is 11.8 Å². The second kappa shape index (κ2) is 11.1. The Labute approximate surface area is 205 Å². The molecule has 0 saturated heterocycles. The molecule has 7 nitrogen and oxygen atoms in total. The molecule has 0 unspecified atom stereocenters. The Morgan fingerprint density at radius 2 is 1.54 bits per heavy atom. The van der Waals surface area contributed by atoms with Crippen molar-refractivity contribution in [2.45, 2.75) is 31.3 Å². The first kappa shape index (κ1) is 25.9. The number of rotatable bonds is 9. The maximum atomic E-state index is 13.6. The lowest BCUT2D eigenvalue weighted by atomic mass is 10.1. The van der Waals surface area contributed by atoms with E-state index in [9.17, 15) is 22.4 Å². The van der Waals surface area contributed by atoms with Gasteiger partial charge in [-0.15, -0.1) is 0 Å². The Morgan fingerprint density at radius 1 is 0.943 bits per heavy atom. The molecular weight excluding hydrogens is 469 g/mol. The Balaban J connectivity index is 2.01. The van der Waals surface area contributed by atoms with E-state index < -0.39 is 34.3 Å². The van der Waals surface area contributed by atoms with Crippen LogP contribution in [0.4, 0.5) is 10.1 Å². The molecule has 0 spiro atoms. The van der Waals surface area contributed by atoms with E-state index in [0.29, 0.717) is 0 Å². The highest BCUT2D eigenvalue weighted by Gasteiger charge is 2.32. The van der Waals surface area contributed by atoms with E-state index in [0.717, 1.165) is 39.7 Å². The SMILES string of the molecule is CNC(=O)[C@@H](C)N(Cc1ccccc1)C(=O)CN(c1ccc(C)cc1)S(=O)(=O)c1ccc(F)cc1. The first-order valence-corrected chi connectivity index (χ1v) is 12.5. The minimum Gasteiger partial charge on any atom is -0.357 e. The molecule has 0 aliphatic heterocycles. The molecule has 0 aliphatic rings. The summed E-state index contributed by atoms with van der Waals surface area (Å²) < 4.78 is 41.6. The van der Waals surface area contributed by atoms with Gasteiger partial charge in [-0.2, -0.15) is 0 Å². The van der Waals surface area contributed by atoms with Gasteiger partial charge in [-0.3, -0.25) is 13.9 Å². The number of halogens is 1. The minimum absolute atomic E-state index is 0.118. The van der Waals surface area contributed by atoms with Crippen LogP contribution in [0.1, 0.15) is 18.1 Å². The number of anilines is 1. The summed E-state index contributed by atoms with van der Waals surface area (Å²) in [5, 5.41) is 2.54. The number of hydrogen-bond donors (Lipinski definition) is 1. The lowest BCUT2D eigenvalue weighted by Crippen LogP contribution is -2.50. The molecule has 1 N–H and O–H groups in total. The van der Waals surface area contributed by atoms with Gasteiger partial charge in [-0.25, -0.2) is 12.8 Å². The minimum atomic E-state index is -4.22. The number of nitrogens with zero attached hydrogens (tertiary/aromatic N) is 2. The third kappa shape index (κ3) is 6.24. The van der Waals surface area contributed by atoms with Crippen LogP contribution in [0.5, 0.6) is 0 Å². The summed E-state index contributed by atoms with van der Waals surface area (Å²) >= 11 is 0. The van der Waals surface area contributed by atoms with E-state index in [1.54, 1.807) is 31.2 Å². The monoisotopic (exact) mass is 497 g/mol. The van der Waals surface area contributed by atoms with Gasteiger partial charge in [0.05, 0.1) is 10.6 Å². The average Bonchev–Trinajstić information content (AvgIpc) is 2.86. The second-order valence-corrected chi connectivity index (χ2v) is 9.96. The normalized spacial score (nSPS) is 12.0. The number of nitrogens with one attached hydrogen (secondary N) is 1. The molecule has 0 radical (unpaired) electrons. The molecule has 3 aromatic carbocycles. The molecule has 2 amide bonds. The first-order valence-electron chi connectivity index (χ1n) is 11.0. The van der Waals surface area contributed by atoms with Crippen molar-refractivity contribution in [3.05, 3.63) is 95.8 Å². The summed E-state index contributed by atoms with van der Waals surface area (Å²) in [5.74, 6) is -1.51. The second-order valence-electron chi connectivity index (χ2n) is 8.10. The fraction of sp³-hybridized carbons (Fsp3) is 0.231. The highest BCUT2D eigenvalue weighted by atomic mass is 32.2. The summed E-state index contributed by atoms with van der Waals surface area (Å²) in [6.45, 7) is 3.02. The van der Waals surface area contributed by atoms with Crippen LogP contribution in [0.3, 0.4) is 0 Å². The lowest BCUT2D eigenvalue weighted by Gasteiger charge is -2.31. The van der Waals surface area contributed by atoms with Crippen LogP contribution in [0.15, 0.2) is 83.8 Å². The smallest absolute Gasteiger partial charge is 0.264 e. The van der Waals surface area contributed by atoms with E-state index in [-0.39, 0.29) is 23.0 Å². The van der Waals surface area contributed by atoms with Crippen LogP contribution in [-0.4, -0.2) is 44.8 Å². The van der Waals surface area contributed by atoms with E-state index in [1.165, 1.54) is 11.9 Å². The van der Waals surface area contributed by atoms with Gasteiger partial charge >= 0.3 is 0 Å². The Morgan fingerprint density at radius 3 is 2.11 bits per heavy atom. The third-order valence-electron chi connectivity index (χ3n) is 5.61. The van der Waals surface area contributed by atoms with Gasteiger partial charge in [0.1, 0.15) is 18.4 Å². The van der Waals surface area contributed by atoms with Gasteiger partial charge in [0.15, 0.2) is 0 Å². The summed E-state index contributed by atoms with van der Waals surface area (Å²) in [6, 6.07) is 19.4. The van der Waals surface area contributed by atoms with Crippen LogP contribution in [0, 0.1) is 12.7 Å². The van der Waals surface area contributed by atoms with Crippen molar-refractivity contribution in [3.63, 3.8) is 0 Å². The fourth-order valence-electron chi connectivity index (χ4n) is 3.55. The van der Waals surface area contributed by atoms with Gasteiger partial charge in [0, 0.05) is 13.6 Å². The van der Waals surface area contributed by atoms with Crippen molar-refractivity contribution in [2.75, 3.05) is 17.9 Å². The number of hydrogen-bond acceptors (Lipinski definition) is 4. The highest BCUT2D eigenvalue weighted by Crippen LogP contribution is 2.25. The molecule has 0 aliphatic carbocycles. The lowest BCUT2D eigenvalue weighted by molar-refractivity contribution is -0.139. The van der Waals surface area contributed by atoms with Gasteiger partial charge < -0.3 is 10.2 Å². The topological polar surface area (TPSA) is 86.8 Å². The molecule has 3 aromatic rings. The van der Waals surface area contributed by atoms with Crippen LogP contribution in [-0.2, 0) is 26.2 Å². The number of carbonyl (C=O) groups is 2. The van der Waals surface area contributed by atoms with Crippen LogP contribution >= 0.6 is 0 Å². The number of carbonyl (C=O) groups excluding carboxylic acids is 2. The van der Waals surface area contributed by atoms with Crippen LogP contribution in [0.2, 0.25) is 0 Å². The van der Waals surface area contributed by atoms with Crippen LogP contribution in [0.25, 0.3) is 0 Å². The Bertz CT molecular complexity index is 1260. The number of aryl methyl sites for hydroxylation is 1. The Hall–Kier alpha value is -3.72. The van der Waals surface area contributed by atoms with E-state index in [4.69, 9.17) is 0 Å². The summed E-state index contributed by atoms with van der Waals surface area (Å²) in [7, 11) is -2.74. The van der Waals surface area contributed by atoms with Crippen molar-refractivity contribution in [1.82, 2.24) is 10.2 Å². The number of sulfonamides is 1. The largest absolute Gasteiger partial charge is 0.357 e. The standard InChI is InChI=1S/C26H28FN3O4S/c1-19-9-13-23(14-10-19)30(35(33,34)24-15-11-22(27)12-16-24)18-25(31)29(20(2)26(32)28-3)17-21-7-5-4-6-8-21/h4-16,20H,17-18H2,1-3H3,(H,28,32)/t20-/m1/s1. The van der Waals surface area contributed by atoms with Gasteiger partial charge in [-0.05, 0) is 55.8 Å². The molecule has 0 heterocycles. The summed E-state index contributed by atoms with van der Waals surface area (Å²) in [4.78, 5) is 27.2. The molecule has 0 aromatic heterocycles. The molecule has 3 rings (SSSR count). The van der Waals surface area contributed by atoms with E-state index in [2.05, 4.69) is 5.32 Å².